The Morgan fingerprint density at radius 3 is 1.78 bits per heavy atom. The summed E-state index contributed by atoms with van der Waals surface area (Å²) in [4.78, 5) is 0. The number of hydrogen-bond donors (Lipinski definition) is 0. The van der Waals surface area contributed by atoms with Crippen LogP contribution in [0.1, 0.15) is 15.1 Å². The Morgan fingerprint density at radius 1 is 0.388 bits per heavy atom. The minimum Gasteiger partial charge on any atom is -0.456 e. The molecule has 0 aliphatic carbocycles. The van der Waals surface area contributed by atoms with Crippen molar-refractivity contribution >= 4 is 54.3 Å². The molecule has 10 rings (SSSR count). The van der Waals surface area contributed by atoms with Gasteiger partial charge in [-0.05, 0) is 101 Å². The second-order valence-corrected chi connectivity index (χ2v) is 12.0. The molecule has 1 aromatic heterocycles. The van der Waals surface area contributed by atoms with Crippen LogP contribution in [0.2, 0.25) is 0 Å². The molecule has 0 spiro atoms. The third-order valence-electron chi connectivity index (χ3n) is 9.26. The third-order valence-corrected chi connectivity index (χ3v) is 9.26. The van der Waals surface area contributed by atoms with Gasteiger partial charge in [0.05, 0.1) is 15.1 Å². The molecule has 0 saturated carbocycles. The highest BCUT2D eigenvalue weighted by Gasteiger charge is 2.19. The van der Waals surface area contributed by atoms with Gasteiger partial charge in [-0.25, -0.2) is 0 Å². The van der Waals surface area contributed by atoms with E-state index in [9.17, 15) is 4.11 Å². The van der Waals surface area contributed by atoms with E-state index in [-0.39, 0.29) is 45.2 Å². The Bertz CT molecular complexity index is 3430. The fourth-order valence-electron chi connectivity index (χ4n) is 7.16. The van der Waals surface area contributed by atoms with Gasteiger partial charge in [-0.1, -0.05) is 158 Å². The summed E-state index contributed by atoms with van der Waals surface area (Å²) < 4.78 is 104. The Kier molecular flexibility index (Phi) is 4.25. The highest BCUT2D eigenvalue weighted by Crippen LogP contribution is 2.46. The summed E-state index contributed by atoms with van der Waals surface area (Å²) in [5, 5.41) is 5.17. The van der Waals surface area contributed by atoms with Crippen molar-refractivity contribution in [3.8, 4) is 44.5 Å². The van der Waals surface area contributed by atoms with Crippen LogP contribution in [0, 0.1) is 0 Å². The summed E-state index contributed by atoms with van der Waals surface area (Å²) in [6.45, 7) is 0. The molecule has 0 amide bonds. The zero-order valence-electron chi connectivity index (χ0n) is 36.9. The zero-order chi connectivity index (χ0) is 41.9. The lowest BCUT2D eigenvalue weighted by atomic mass is 9.85. The molecular formula is C48H30O. The van der Waals surface area contributed by atoms with E-state index in [4.69, 9.17) is 15.4 Å². The summed E-state index contributed by atoms with van der Waals surface area (Å²) in [6, 6.07) is 32.4. The molecule has 0 N–H and O–H groups in total. The first kappa shape index (κ1) is 18.8. The smallest absolute Gasteiger partial charge is 0.136 e. The fraction of sp³-hybridized carbons (Fsp3) is 0. The van der Waals surface area contributed by atoms with E-state index in [1.807, 2.05) is 66.7 Å². The van der Waals surface area contributed by atoms with Crippen molar-refractivity contribution in [2.45, 2.75) is 0 Å². The van der Waals surface area contributed by atoms with Crippen LogP contribution in [0.5, 0.6) is 0 Å². The Labute approximate surface area is 299 Å². The third kappa shape index (κ3) is 4.40. The number of furan rings is 1. The summed E-state index contributed by atoms with van der Waals surface area (Å²) in [6.07, 6.45) is 0. The molecule has 10 aromatic rings. The maximum Gasteiger partial charge on any atom is 0.136 e. The SMILES string of the molecule is [2H]c1c([2H])c([2H])c(-c2c([2H])c([2H])c([2H])c3oc4c([2H])c(-c5c6ccccc6c(-c6cccc(-c7cccc8ccccc78)c6)c6ccccc56)c([2H])c([2H])c4c23)c([2H])c1[2H]. The zero-order valence-corrected chi connectivity index (χ0v) is 25.9. The number of fused-ring (bicyclic) bond motifs is 6. The Hall–Kier alpha value is -6.44. The number of rotatable bonds is 4. The summed E-state index contributed by atoms with van der Waals surface area (Å²) in [5.74, 6) is 0. The Morgan fingerprint density at radius 2 is 1.02 bits per heavy atom. The maximum absolute atomic E-state index is 9.73. The second-order valence-electron chi connectivity index (χ2n) is 12.0. The largest absolute Gasteiger partial charge is 0.456 e. The molecule has 0 atom stereocenters. The molecule has 0 aliphatic rings. The van der Waals surface area contributed by atoms with Gasteiger partial charge in [0.25, 0.3) is 0 Å². The van der Waals surface area contributed by atoms with Crippen LogP contribution in [0.4, 0.5) is 0 Å². The van der Waals surface area contributed by atoms with E-state index in [1.54, 1.807) is 0 Å². The minimum atomic E-state index is -0.661. The van der Waals surface area contributed by atoms with Gasteiger partial charge in [0.2, 0.25) is 0 Å². The van der Waals surface area contributed by atoms with Gasteiger partial charge in [0, 0.05) is 10.8 Å². The molecule has 0 fully saturated rings. The normalized spacial score (nSPS) is 14.8. The van der Waals surface area contributed by atoms with Crippen molar-refractivity contribution in [2.24, 2.45) is 0 Å². The van der Waals surface area contributed by atoms with Crippen molar-refractivity contribution in [1.82, 2.24) is 0 Å². The Balaban J connectivity index is 1.28. The number of benzene rings is 9. The van der Waals surface area contributed by atoms with Crippen molar-refractivity contribution in [2.75, 3.05) is 0 Å². The molecule has 0 unspecified atom stereocenters. The predicted octanol–water partition coefficient (Wildman–Crippen LogP) is 13.7. The van der Waals surface area contributed by atoms with E-state index in [2.05, 4.69) is 48.5 Å². The van der Waals surface area contributed by atoms with Crippen LogP contribution in [0.15, 0.2) is 186 Å². The lowest BCUT2D eigenvalue weighted by molar-refractivity contribution is 0.669. The van der Waals surface area contributed by atoms with E-state index in [1.165, 1.54) is 0 Å². The molecule has 49 heavy (non-hydrogen) atoms. The summed E-state index contributed by atoms with van der Waals surface area (Å²) >= 11 is 0. The lowest BCUT2D eigenvalue weighted by Crippen LogP contribution is -1.91. The van der Waals surface area contributed by atoms with Crippen molar-refractivity contribution in [3.05, 3.63) is 182 Å². The molecule has 0 aliphatic heterocycles. The van der Waals surface area contributed by atoms with Gasteiger partial charge in [-0.3, -0.25) is 0 Å². The predicted molar refractivity (Wildman–Crippen MR) is 208 cm³/mol. The van der Waals surface area contributed by atoms with Gasteiger partial charge in [-0.15, -0.1) is 0 Å². The van der Waals surface area contributed by atoms with Gasteiger partial charge in [0.15, 0.2) is 0 Å². The van der Waals surface area contributed by atoms with E-state index >= 15 is 0 Å². The molecule has 0 saturated heterocycles. The average molecular weight is 634 g/mol. The first-order chi connectivity index (χ1) is 28.9. The van der Waals surface area contributed by atoms with Gasteiger partial charge in [0.1, 0.15) is 11.2 Å². The first-order valence-corrected chi connectivity index (χ1v) is 16.0. The molecule has 1 heterocycles. The molecule has 1 heteroatoms. The molecular weight excluding hydrogens is 593 g/mol. The molecule has 0 bridgehead atoms. The highest BCUT2D eigenvalue weighted by atomic mass is 16.3. The molecule has 0 radical (unpaired) electrons. The molecule has 9 aromatic carbocycles. The number of hydrogen-bond acceptors (Lipinski definition) is 1. The molecule has 1 nitrogen and oxygen atoms in total. The van der Waals surface area contributed by atoms with Crippen LogP contribution in [0.3, 0.4) is 0 Å². The standard InChI is InChI=1S/C48H30O/c1-2-13-32(14-3-1)38-25-12-26-44-48(38)43-28-27-35(30-45(43)49-44)47-41-22-8-6-20-39(41)46(40-21-7-9-23-42(40)47)34-18-10-17-33(29-34)37-24-11-16-31-15-4-5-19-36(31)37/h1-30H/i1D,2D,3D,12D,13D,14D,25D,26D,27D,28D,30D. The lowest BCUT2D eigenvalue weighted by Gasteiger charge is -2.18. The van der Waals surface area contributed by atoms with Crippen molar-refractivity contribution < 1.29 is 19.5 Å². The van der Waals surface area contributed by atoms with E-state index in [0.717, 1.165) is 54.6 Å². The van der Waals surface area contributed by atoms with Crippen LogP contribution in [0.25, 0.3) is 98.8 Å². The minimum absolute atomic E-state index is 0.100. The van der Waals surface area contributed by atoms with Crippen LogP contribution in [-0.2, 0) is 0 Å². The van der Waals surface area contributed by atoms with Crippen LogP contribution in [-0.4, -0.2) is 0 Å². The fourth-order valence-corrected chi connectivity index (χ4v) is 7.16. The monoisotopic (exact) mass is 633 g/mol. The topological polar surface area (TPSA) is 13.1 Å². The highest BCUT2D eigenvalue weighted by molar-refractivity contribution is 6.22. The van der Waals surface area contributed by atoms with Gasteiger partial charge < -0.3 is 4.42 Å². The second kappa shape index (κ2) is 11.1. The van der Waals surface area contributed by atoms with Crippen LogP contribution >= 0.6 is 0 Å². The molecule has 228 valence electrons. The summed E-state index contributed by atoms with van der Waals surface area (Å²) in [5.41, 5.74) is 3.51. The van der Waals surface area contributed by atoms with Crippen molar-refractivity contribution in [3.63, 3.8) is 0 Å². The summed E-state index contributed by atoms with van der Waals surface area (Å²) in [7, 11) is 0. The first-order valence-electron chi connectivity index (χ1n) is 21.5. The van der Waals surface area contributed by atoms with Gasteiger partial charge >= 0.3 is 0 Å². The van der Waals surface area contributed by atoms with E-state index in [0.29, 0.717) is 5.56 Å². The van der Waals surface area contributed by atoms with Crippen molar-refractivity contribution in [1.29, 1.82) is 0 Å². The van der Waals surface area contributed by atoms with E-state index < -0.39 is 59.9 Å². The van der Waals surface area contributed by atoms with Crippen LogP contribution < -0.4 is 0 Å². The average Bonchev–Trinajstić information content (AvgIpc) is 3.68. The quantitative estimate of drug-likeness (QED) is 0.176. The van der Waals surface area contributed by atoms with Gasteiger partial charge in [-0.2, -0.15) is 0 Å². The maximum atomic E-state index is 9.73.